The number of hydrogen-bond donors (Lipinski definition) is 16. The molecule has 5 heterocycles. The maximum absolute atomic E-state index is 13.0. The topological polar surface area (TPSA) is 433 Å². The molecule has 0 aromatic carbocycles. The number of aliphatic hydroxyl groups is 16. The Bertz CT molecular complexity index is 1550. The molecule has 0 bridgehead atoms. The van der Waals surface area contributed by atoms with E-state index in [2.05, 4.69) is 6.92 Å². The van der Waals surface area contributed by atoms with Crippen LogP contribution < -0.4 is 0 Å². The Balaban J connectivity index is 1.15. The van der Waals surface area contributed by atoms with Gasteiger partial charge in [0.1, 0.15) is 116 Å². The summed E-state index contributed by atoms with van der Waals surface area (Å²) in [4.78, 5) is 13.0. The van der Waals surface area contributed by atoms with Gasteiger partial charge in [-0.3, -0.25) is 4.79 Å². The third-order valence-corrected chi connectivity index (χ3v) is 14.0. The zero-order valence-electron chi connectivity index (χ0n) is 41.0. The zero-order chi connectivity index (χ0) is 53.5. The largest absolute Gasteiger partial charge is 0.454 e. The average Bonchev–Trinajstić information content (AvgIpc) is 3.38. The standard InChI is InChI=1S/C46H82O27/c1-2-3-4-5-6-7-8-9-10-11-12-13-14-15-26(52)69-41-28(54)27(53)21(16-47)65-46(41)73-40-25(20-51)68-45(36(62)32(40)58)72-39-24(19-50)67-44(35(61)31(39)57)71-38-23(18-49)66-43(34(60)30(38)56)70-37-22(17-48)64-42(63)33(59)29(37)55/h21-25,27-51,53-63H,2-20H2,1H3/t21-,22-,23-,24-,25-,27-,28+,29-,30-,31-,32-,33-,34-,35-,36-,37-,38-,39-,40-,41-,42+,43-,44-,45-,46-/m1/s1. The summed E-state index contributed by atoms with van der Waals surface area (Å²) in [5.41, 5.74) is 0. The molecule has 5 saturated heterocycles. The predicted octanol–water partition coefficient (Wildman–Crippen LogP) is -5.89. The molecule has 0 amide bonds. The van der Waals surface area contributed by atoms with Gasteiger partial charge in [0.15, 0.2) is 37.6 Å². The van der Waals surface area contributed by atoms with E-state index >= 15 is 0 Å². The fourth-order valence-electron chi connectivity index (χ4n) is 9.64. The fourth-order valence-corrected chi connectivity index (χ4v) is 9.64. The van der Waals surface area contributed by atoms with Crippen LogP contribution in [-0.4, -0.2) is 274 Å². The molecule has 5 rings (SSSR count). The number of carbonyl (C=O) groups excluding carboxylic acids is 1. The lowest BCUT2D eigenvalue weighted by atomic mass is 9.95. The van der Waals surface area contributed by atoms with E-state index in [9.17, 15) is 86.5 Å². The van der Waals surface area contributed by atoms with Gasteiger partial charge >= 0.3 is 5.97 Å². The Hall–Kier alpha value is -1.53. The Morgan fingerprint density at radius 1 is 0.342 bits per heavy atom. The molecule has 0 aromatic rings. The van der Waals surface area contributed by atoms with Gasteiger partial charge in [0.05, 0.1) is 33.0 Å². The van der Waals surface area contributed by atoms with Crippen molar-refractivity contribution in [2.45, 2.75) is 250 Å². The maximum atomic E-state index is 13.0. The molecule has 25 atom stereocenters. The number of esters is 1. The van der Waals surface area contributed by atoms with E-state index in [1.165, 1.54) is 44.9 Å². The molecular formula is C46H82O27. The molecule has 5 aliphatic heterocycles. The molecule has 5 aliphatic rings. The lowest BCUT2D eigenvalue weighted by Gasteiger charge is -2.49. The maximum Gasteiger partial charge on any atom is 0.306 e. The number of ether oxygens (including phenoxy) is 10. The van der Waals surface area contributed by atoms with Gasteiger partial charge in [-0.25, -0.2) is 0 Å². The fraction of sp³-hybridized carbons (Fsp3) is 0.978. The van der Waals surface area contributed by atoms with Crippen molar-refractivity contribution in [1.82, 2.24) is 0 Å². The molecule has 5 fully saturated rings. The quantitative estimate of drug-likeness (QED) is 0.0256. The molecule has 0 saturated carbocycles. The summed E-state index contributed by atoms with van der Waals surface area (Å²) in [6.07, 6.45) is -32.0. The minimum atomic E-state index is -2.14. The van der Waals surface area contributed by atoms with Crippen LogP contribution in [0.2, 0.25) is 0 Å². The van der Waals surface area contributed by atoms with E-state index in [-0.39, 0.29) is 6.42 Å². The predicted molar refractivity (Wildman–Crippen MR) is 241 cm³/mol. The summed E-state index contributed by atoms with van der Waals surface area (Å²) in [5.74, 6) is -0.768. The van der Waals surface area contributed by atoms with Gasteiger partial charge in [-0.05, 0) is 6.42 Å². The van der Waals surface area contributed by atoms with Crippen LogP contribution in [0.15, 0.2) is 0 Å². The number of carbonyl (C=O) groups is 1. The van der Waals surface area contributed by atoms with Crippen molar-refractivity contribution in [3.63, 3.8) is 0 Å². The first-order chi connectivity index (χ1) is 35.0. The molecule has 0 unspecified atom stereocenters. The van der Waals surface area contributed by atoms with Gasteiger partial charge < -0.3 is 129 Å². The number of aliphatic hydroxyl groups excluding tert-OH is 16. The number of hydrogen-bond acceptors (Lipinski definition) is 27. The van der Waals surface area contributed by atoms with Crippen molar-refractivity contribution in [2.24, 2.45) is 0 Å². The van der Waals surface area contributed by atoms with E-state index in [0.29, 0.717) is 6.42 Å². The van der Waals surface area contributed by atoms with Crippen molar-refractivity contribution >= 4 is 5.97 Å². The molecule has 0 spiro atoms. The van der Waals surface area contributed by atoms with E-state index in [1.807, 2.05) is 0 Å². The summed E-state index contributed by atoms with van der Waals surface area (Å²) < 4.78 is 56.0. The first kappa shape index (κ1) is 62.3. The highest BCUT2D eigenvalue weighted by Crippen LogP contribution is 2.36. The first-order valence-electron chi connectivity index (χ1n) is 25.6. The molecule has 73 heavy (non-hydrogen) atoms. The monoisotopic (exact) mass is 1070 g/mol. The summed E-state index contributed by atoms with van der Waals surface area (Å²) in [7, 11) is 0. The van der Waals surface area contributed by atoms with Crippen LogP contribution in [0.3, 0.4) is 0 Å². The third-order valence-electron chi connectivity index (χ3n) is 14.0. The van der Waals surface area contributed by atoms with E-state index < -0.39 is 193 Å². The van der Waals surface area contributed by atoms with Crippen molar-refractivity contribution in [3.8, 4) is 0 Å². The second-order valence-corrected chi connectivity index (χ2v) is 19.4. The van der Waals surface area contributed by atoms with Gasteiger partial charge in [-0.15, -0.1) is 0 Å². The summed E-state index contributed by atoms with van der Waals surface area (Å²) in [6, 6.07) is 0. The zero-order valence-corrected chi connectivity index (χ0v) is 41.0. The Morgan fingerprint density at radius 2 is 0.644 bits per heavy atom. The van der Waals surface area contributed by atoms with Crippen LogP contribution in [0.5, 0.6) is 0 Å². The number of unbranched alkanes of at least 4 members (excludes halogenated alkanes) is 12. The lowest BCUT2D eigenvalue weighted by Crippen LogP contribution is -2.68. The van der Waals surface area contributed by atoms with Crippen molar-refractivity contribution in [2.75, 3.05) is 33.0 Å². The molecule has 27 nitrogen and oxygen atoms in total. The van der Waals surface area contributed by atoms with Gasteiger partial charge in [-0.2, -0.15) is 0 Å². The third kappa shape index (κ3) is 16.1. The Morgan fingerprint density at radius 3 is 1.01 bits per heavy atom. The van der Waals surface area contributed by atoms with Crippen LogP contribution in [0.25, 0.3) is 0 Å². The van der Waals surface area contributed by atoms with Gasteiger partial charge in [-0.1, -0.05) is 84.0 Å². The van der Waals surface area contributed by atoms with Crippen LogP contribution in [0.4, 0.5) is 0 Å². The Labute approximate surface area is 422 Å². The SMILES string of the molecule is CCCCCCCCCCCCCCCC(=O)O[C@H]1[C@@H](O[C@H]2[C@H](O)[C@@H](O)[C@@H](O[C@H]3[C@H](O)[C@@H](O)[C@@H](O[C@H]4[C@H](O)[C@@H](O)[C@@H](O[C@H]5[C@H](O)[C@@H](O)[C@@H](O)O[C@@H]5CO)O[C@@H]4CO)O[C@@H]3CO)O[C@@H]2CO)O[C@H](CO)[C@@H](O)[C@@H]1O. The first-order valence-corrected chi connectivity index (χ1v) is 25.6. The highest BCUT2D eigenvalue weighted by molar-refractivity contribution is 5.69. The normalized spacial score (nSPS) is 43.5. The van der Waals surface area contributed by atoms with Crippen molar-refractivity contribution < 1.29 is 134 Å². The van der Waals surface area contributed by atoms with E-state index in [4.69, 9.17) is 47.4 Å². The minimum absolute atomic E-state index is 0.0530. The second-order valence-electron chi connectivity index (χ2n) is 19.4. The average molecular weight is 1070 g/mol. The highest BCUT2D eigenvalue weighted by atomic mass is 16.8. The van der Waals surface area contributed by atoms with E-state index in [1.54, 1.807) is 0 Å². The van der Waals surface area contributed by atoms with Crippen molar-refractivity contribution in [3.05, 3.63) is 0 Å². The molecule has 16 N–H and O–H groups in total. The summed E-state index contributed by atoms with van der Waals surface area (Å²) in [5, 5.41) is 170. The van der Waals surface area contributed by atoms with Crippen molar-refractivity contribution in [1.29, 1.82) is 0 Å². The Kier molecular flexibility index (Phi) is 26.1. The molecule has 0 aliphatic carbocycles. The minimum Gasteiger partial charge on any atom is -0.454 e. The summed E-state index contributed by atoms with van der Waals surface area (Å²) >= 11 is 0. The molecular weight excluding hydrogens is 984 g/mol. The van der Waals surface area contributed by atoms with Gasteiger partial charge in [0.25, 0.3) is 0 Å². The van der Waals surface area contributed by atoms with Crippen LogP contribution in [0, 0.1) is 0 Å². The van der Waals surface area contributed by atoms with Gasteiger partial charge in [0.2, 0.25) is 0 Å². The molecule has 27 heteroatoms. The lowest BCUT2D eigenvalue weighted by molar-refractivity contribution is -0.393. The molecule has 0 radical (unpaired) electrons. The number of rotatable bonds is 28. The molecule has 0 aromatic heterocycles. The smallest absolute Gasteiger partial charge is 0.306 e. The van der Waals surface area contributed by atoms with Gasteiger partial charge in [0, 0.05) is 6.42 Å². The molecule has 428 valence electrons. The van der Waals surface area contributed by atoms with Crippen LogP contribution in [0.1, 0.15) is 96.8 Å². The summed E-state index contributed by atoms with van der Waals surface area (Å²) in [6.45, 7) is -2.38. The highest BCUT2D eigenvalue weighted by Gasteiger charge is 2.57. The van der Waals surface area contributed by atoms with E-state index in [0.717, 1.165) is 32.1 Å². The van der Waals surface area contributed by atoms with Crippen LogP contribution >= 0.6 is 0 Å². The second kappa shape index (κ2) is 30.6. The van der Waals surface area contributed by atoms with Crippen LogP contribution in [-0.2, 0) is 52.2 Å².